The third kappa shape index (κ3) is 2.68. The van der Waals surface area contributed by atoms with Gasteiger partial charge in [-0.15, -0.1) is 0 Å². The fourth-order valence-corrected chi connectivity index (χ4v) is 1.31. The van der Waals surface area contributed by atoms with Crippen LogP contribution in [0.2, 0.25) is 0 Å². The fourth-order valence-electron chi connectivity index (χ4n) is 1.31. The summed E-state index contributed by atoms with van der Waals surface area (Å²) in [6.45, 7) is 1.98. The minimum atomic E-state index is -0.112. The van der Waals surface area contributed by atoms with Crippen LogP contribution in [0.25, 0.3) is 0 Å². The zero-order chi connectivity index (χ0) is 10.6. The van der Waals surface area contributed by atoms with Crippen molar-refractivity contribution in [2.24, 2.45) is 5.73 Å². The Kier molecular flexibility index (Phi) is 3.85. The lowest BCUT2D eigenvalue weighted by Crippen LogP contribution is -2.19. The Morgan fingerprint density at radius 3 is 2.86 bits per heavy atom. The number of pyridine rings is 1. The van der Waals surface area contributed by atoms with Gasteiger partial charge < -0.3 is 16.2 Å². The molecule has 0 radical (unpaired) electrons. The van der Waals surface area contributed by atoms with Gasteiger partial charge in [-0.25, -0.2) is 0 Å². The Balaban J connectivity index is 2.69. The molecule has 1 aromatic heterocycles. The summed E-state index contributed by atoms with van der Waals surface area (Å²) in [7, 11) is 1.67. The first kappa shape index (κ1) is 10.9. The highest BCUT2D eigenvalue weighted by molar-refractivity contribution is 5.46. The average Bonchev–Trinajstić information content (AvgIpc) is 2.18. The van der Waals surface area contributed by atoms with E-state index in [2.05, 4.69) is 4.98 Å². The molecule has 78 valence electrons. The van der Waals surface area contributed by atoms with Crippen LogP contribution in [0.4, 0.5) is 5.69 Å². The molecule has 0 saturated heterocycles. The lowest BCUT2D eigenvalue weighted by atomic mass is 10.0. The maximum atomic E-state index is 5.97. The number of hydrogen-bond acceptors (Lipinski definition) is 4. The molecule has 14 heavy (non-hydrogen) atoms. The summed E-state index contributed by atoms with van der Waals surface area (Å²) in [4.78, 5) is 4.00. The zero-order valence-electron chi connectivity index (χ0n) is 8.60. The maximum Gasteiger partial charge on any atom is 0.0561 e. The third-order valence-corrected chi connectivity index (χ3v) is 2.27. The molecule has 0 amide bonds. The molecular weight excluding hydrogens is 178 g/mol. The summed E-state index contributed by atoms with van der Waals surface area (Å²) >= 11 is 0. The van der Waals surface area contributed by atoms with Crippen molar-refractivity contribution < 1.29 is 4.74 Å². The van der Waals surface area contributed by atoms with Gasteiger partial charge in [0.1, 0.15) is 0 Å². The number of hydrogen-bond donors (Lipinski definition) is 2. The number of nitrogen functional groups attached to an aromatic ring is 1. The summed E-state index contributed by atoms with van der Waals surface area (Å²) in [6, 6.07) is 1.64. The van der Waals surface area contributed by atoms with E-state index in [0.717, 1.165) is 12.0 Å². The van der Waals surface area contributed by atoms with Crippen molar-refractivity contribution in [2.45, 2.75) is 25.5 Å². The van der Waals surface area contributed by atoms with Gasteiger partial charge in [0.25, 0.3) is 0 Å². The molecule has 2 atom stereocenters. The topological polar surface area (TPSA) is 74.2 Å². The molecule has 1 aromatic rings. The van der Waals surface area contributed by atoms with Gasteiger partial charge in [-0.1, -0.05) is 0 Å². The van der Waals surface area contributed by atoms with E-state index < -0.39 is 0 Å². The summed E-state index contributed by atoms with van der Waals surface area (Å²) in [5.41, 5.74) is 13.3. The molecular formula is C10H17N3O. The number of nitrogens with two attached hydrogens (primary N) is 2. The minimum Gasteiger partial charge on any atom is -0.398 e. The minimum absolute atomic E-state index is 0.112. The quantitative estimate of drug-likeness (QED) is 0.754. The van der Waals surface area contributed by atoms with Crippen molar-refractivity contribution in [1.29, 1.82) is 0 Å². The van der Waals surface area contributed by atoms with Crippen LogP contribution in [0.5, 0.6) is 0 Å². The Bertz CT molecular complexity index is 290. The highest BCUT2D eigenvalue weighted by atomic mass is 16.5. The molecule has 0 aliphatic heterocycles. The van der Waals surface area contributed by atoms with Crippen LogP contribution in [0.1, 0.15) is 24.9 Å². The van der Waals surface area contributed by atoms with Gasteiger partial charge in [0, 0.05) is 36.8 Å². The van der Waals surface area contributed by atoms with Crippen LogP contribution in [-0.4, -0.2) is 18.2 Å². The molecule has 4 nitrogen and oxygen atoms in total. The number of rotatable bonds is 4. The van der Waals surface area contributed by atoms with Crippen molar-refractivity contribution in [2.75, 3.05) is 12.8 Å². The van der Waals surface area contributed by atoms with Crippen LogP contribution in [-0.2, 0) is 4.74 Å². The molecule has 4 N–H and O–H groups in total. The normalized spacial score (nSPS) is 15.1. The van der Waals surface area contributed by atoms with Gasteiger partial charge in [0.2, 0.25) is 0 Å². The van der Waals surface area contributed by atoms with E-state index in [9.17, 15) is 0 Å². The van der Waals surface area contributed by atoms with Crippen molar-refractivity contribution in [3.8, 4) is 0 Å². The van der Waals surface area contributed by atoms with Crippen LogP contribution in [0.3, 0.4) is 0 Å². The second-order valence-corrected chi connectivity index (χ2v) is 3.39. The maximum absolute atomic E-state index is 5.97. The Labute approximate surface area is 84.3 Å². The van der Waals surface area contributed by atoms with E-state index in [-0.39, 0.29) is 12.1 Å². The Morgan fingerprint density at radius 1 is 1.57 bits per heavy atom. The van der Waals surface area contributed by atoms with E-state index in [4.69, 9.17) is 16.2 Å². The molecule has 0 saturated carbocycles. The summed E-state index contributed by atoms with van der Waals surface area (Å²) in [5.74, 6) is 0. The lowest BCUT2D eigenvalue weighted by Gasteiger charge is -2.17. The lowest BCUT2D eigenvalue weighted by molar-refractivity contribution is 0.105. The molecule has 0 spiro atoms. The van der Waals surface area contributed by atoms with Crippen LogP contribution < -0.4 is 11.5 Å². The summed E-state index contributed by atoms with van der Waals surface area (Å²) < 4.78 is 5.14. The van der Waals surface area contributed by atoms with Crippen molar-refractivity contribution in [3.63, 3.8) is 0 Å². The molecule has 1 rings (SSSR count). The predicted molar refractivity (Wildman–Crippen MR) is 56.7 cm³/mol. The third-order valence-electron chi connectivity index (χ3n) is 2.27. The van der Waals surface area contributed by atoms with Gasteiger partial charge >= 0.3 is 0 Å². The molecule has 0 aliphatic carbocycles. The molecule has 2 unspecified atom stereocenters. The van der Waals surface area contributed by atoms with Gasteiger partial charge in [0.05, 0.1) is 6.10 Å². The monoisotopic (exact) mass is 195 g/mol. The van der Waals surface area contributed by atoms with E-state index in [1.54, 1.807) is 25.6 Å². The van der Waals surface area contributed by atoms with Crippen molar-refractivity contribution in [1.82, 2.24) is 4.98 Å². The smallest absolute Gasteiger partial charge is 0.0561 e. The highest BCUT2D eigenvalue weighted by Crippen LogP contribution is 2.21. The van der Waals surface area contributed by atoms with Gasteiger partial charge in [-0.2, -0.15) is 0 Å². The van der Waals surface area contributed by atoms with Crippen molar-refractivity contribution in [3.05, 3.63) is 24.0 Å². The molecule has 0 fully saturated rings. The second kappa shape index (κ2) is 4.93. The number of aromatic nitrogens is 1. The highest BCUT2D eigenvalue weighted by Gasteiger charge is 2.12. The predicted octanol–water partition coefficient (Wildman–Crippen LogP) is 1.09. The van der Waals surface area contributed by atoms with Gasteiger partial charge in [0.15, 0.2) is 0 Å². The number of anilines is 1. The van der Waals surface area contributed by atoms with E-state index in [1.807, 2.05) is 6.92 Å². The Morgan fingerprint density at radius 2 is 2.29 bits per heavy atom. The fraction of sp³-hybridized carbons (Fsp3) is 0.500. The molecule has 4 heteroatoms. The van der Waals surface area contributed by atoms with Crippen molar-refractivity contribution >= 4 is 5.69 Å². The standard InChI is InChI=1S/C10H17N3O/c1-7(14-2)5-10(12)8-6-13-4-3-9(8)11/h3-4,6-7,10H,5,12H2,1-2H3,(H2,11,13). The van der Waals surface area contributed by atoms with Gasteiger partial charge in [-0.3, -0.25) is 4.98 Å². The summed E-state index contributed by atoms with van der Waals surface area (Å²) in [5, 5.41) is 0. The molecule has 0 aliphatic rings. The first-order chi connectivity index (χ1) is 6.65. The SMILES string of the molecule is COC(C)CC(N)c1cnccc1N. The summed E-state index contributed by atoms with van der Waals surface area (Å²) in [6.07, 6.45) is 4.24. The van der Waals surface area contributed by atoms with Gasteiger partial charge in [-0.05, 0) is 19.4 Å². The number of ether oxygens (including phenoxy) is 1. The second-order valence-electron chi connectivity index (χ2n) is 3.39. The van der Waals surface area contributed by atoms with Crippen LogP contribution in [0, 0.1) is 0 Å². The van der Waals surface area contributed by atoms with E-state index in [1.165, 1.54) is 0 Å². The van der Waals surface area contributed by atoms with Crippen LogP contribution in [0.15, 0.2) is 18.5 Å². The molecule has 1 heterocycles. The average molecular weight is 195 g/mol. The van der Waals surface area contributed by atoms with E-state index in [0.29, 0.717) is 5.69 Å². The van der Waals surface area contributed by atoms with E-state index >= 15 is 0 Å². The first-order valence-electron chi connectivity index (χ1n) is 4.63. The first-order valence-corrected chi connectivity index (χ1v) is 4.63. The molecule has 0 aromatic carbocycles. The van der Waals surface area contributed by atoms with Crippen LogP contribution >= 0.6 is 0 Å². The number of nitrogens with zero attached hydrogens (tertiary/aromatic N) is 1. The Hall–Kier alpha value is -1.13. The number of methoxy groups -OCH3 is 1. The molecule has 0 bridgehead atoms. The largest absolute Gasteiger partial charge is 0.398 e. The zero-order valence-corrected chi connectivity index (χ0v) is 8.60.